The molecule has 0 spiro atoms. The quantitative estimate of drug-likeness (QED) is 0.311. The topological polar surface area (TPSA) is 84.6 Å². The van der Waals surface area contributed by atoms with Crippen LogP contribution in [0.5, 0.6) is 0 Å². The smallest absolute Gasteiger partial charge is 0.241 e. The molecule has 0 radical (unpaired) electrons. The number of hydrazone groups is 1. The van der Waals surface area contributed by atoms with E-state index in [0.29, 0.717) is 0 Å². The molecule has 0 aliphatic carbocycles. The van der Waals surface area contributed by atoms with Crippen molar-refractivity contribution in [2.75, 3.05) is 6.26 Å². The molecule has 0 atom stereocenters. The fourth-order valence-corrected chi connectivity index (χ4v) is 0.792. The molecular formula is C6H11N3O3S. The van der Waals surface area contributed by atoms with Crippen molar-refractivity contribution in [3.63, 3.8) is 0 Å². The van der Waals surface area contributed by atoms with Gasteiger partial charge in [0.25, 0.3) is 0 Å². The van der Waals surface area contributed by atoms with E-state index in [4.69, 9.17) is 0 Å². The number of thioether (sulfide) groups is 1. The zero-order valence-corrected chi connectivity index (χ0v) is 8.42. The molecule has 0 aromatic heterocycles. The van der Waals surface area contributed by atoms with Crippen molar-refractivity contribution in [3.05, 3.63) is 10.1 Å². The number of carbonyl (C=O) groups is 1. The van der Waals surface area contributed by atoms with Crippen LogP contribution in [0.1, 0.15) is 13.8 Å². The van der Waals surface area contributed by atoms with E-state index in [1.54, 1.807) is 20.1 Å². The zero-order chi connectivity index (χ0) is 10.4. The Hall–Kier alpha value is -1.11. The Labute approximate surface area is 79.9 Å². The molecule has 0 saturated heterocycles. The Morgan fingerprint density at radius 2 is 2.15 bits per heavy atom. The minimum Gasteiger partial charge on any atom is -0.300 e. The number of carbonyl (C=O) groups excluding carboxylic acids is 1. The van der Waals surface area contributed by atoms with Crippen LogP contribution in [0.4, 0.5) is 0 Å². The first kappa shape index (κ1) is 11.9. The molecule has 0 fully saturated rings. The summed E-state index contributed by atoms with van der Waals surface area (Å²) in [4.78, 5) is 21.0. The number of nitrogens with zero attached hydrogens (tertiary/aromatic N) is 2. The standard InChI is InChI=1S/C6H11N3O3S/c1-4(2)5(10)7-6(13-3)8-9(11)12/h4H,1-3H3,(H,7,8,10). The number of amidine groups is 1. The molecule has 1 amide bonds. The van der Waals surface area contributed by atoms with Crippen LogP contribution >= 0.6 is 11.8 Å². The van der Waals surface area contributed by atoms with Crippen LogP contribution in [0.3, 0.4) is 0 Å². The summed E-state index contributed by atoms with van der Waals surface area (Å²) in [5, 5.41) is 14.5. The van der Waals surface area contributed by atoms with Gasteiger partial charge in [0.1, 0.15) is 0 Å². The van der Waals surface area contributed by atoms with Gasteiger partial charge in [0.15, 0.2) is 5.03 Å². The lowest BCUT2D eigenvalue weighted by atomic mass is 10.2. The second-order valence-corrected chi connectivity index (χ2v) is 3.29. The first-order valence-electron chi connectivity index (χ1n) is 3.55. The van der Waals surface area contributed by atoms with Crippen LogP contribution in [-0.2, 0) is 4.79 Å². The Kier molecular flexibility index (Phi) is 5.05. The van der Waals surface area contributed by atoms with Crippen molar-refractivity contribution in [1.82, 2.24) is 5.32 Å². The van der Waals surface area contributed by atoms with Crippen LogP contribution in [-0.4, -0.2) is 22.4 Å². The second kappa shape index (κ2) is 5.52. The second-order valence-electron chi connectivity index (χ2n) is 2.49. The van der Waals surface area contributed by atoms with Gasteiger partial charge in [0, 0.05) is 5.92 Å². The van der Waals surface area contributed by atoms with E-state index in [0.717, 1.165) is 11.8 Å². The van der Waals surface area contributed by atoms with Crippen LogP contribution in [0.15, 0.2) is 5.10 Å². The molecule has 13 heavy (non-hydrogen) atoms. The summed E-state index contributed by atoms with van der Waals surface area (Å²) >= 11 is 1.02. The number of hydrogen-bond acceptors (Lipinski definition) is 4. The third-order valence-electron chi connectivity index (χ3n) is 1.12. The van der Waals surface area contributed by atoms with Gasteiger partial charge in [-0.15, -0.1) is 0 Å². The molecule has 0 rings (SSSR count). The van der Waals surface area contributed by atoms with E-state index in [1.165, 1.54) is 0 Å². The lowest BCUT2D eigenvalue weighted by molar-refractivity contribution is -0.484. The summed E-state index contributed by atoms with van der Waals surface area (Å²) in [5.41, 5.74) is 0. The van der Waals surface area contributed by atoms with Crippen molar-refractivity contribution >= 4 is 22.8 Å². The average molecular weight is 205 g/mol. The molecule has 0 heterocycles. The number of amides is 1. The van der Waals surface area contributed by atoms with Gasteiger partial charge >= 0.3 is 0 Å². The van der Waals surface area contributed by atoms with Crippen molar-refractivity contribution in [2.24, 2.45) is 11.0 Å². The van der Waals surface area contributed by atoms with Crippen LogP contribution in [0.2, 0.25) is 0 Å². The Morgan fingerprint density at radius 1 is 1.62 bits per heavy atom. The molecule has 0 saturated carbocycles. The predicted octanol–water partition coefficient (Wildman–Crippen LogP) is 0.669. The number of hydrogen-bond donors (Lipinski definition) is 1. The first-order valence-corrected chi connectivity index (χ1v) is 4.77. The number of nitro groups is 1. The van der Waals surface area contributed by atoms with Gasteiger partial charge in [0.2, 0.25) is 11.1 Å². The molecule has 0 aromatic rings. The molecule has 0 bridgehead atoms. The largest absolute Gasteiger partial charge is 0.300 e. The highest BCUT2D eigenvalue weighted by Crippen LogP contribution is 1.98. The summed E-state index contributed by atoms with van der Waals surface area (Å²) in [6.45, 7) is 3.39. The predicted molar refractivity (Wildman–Crippen MR) is 50.9 cm³/mol. The maximum absolute atomic E-state index is 11.1. The Bertz CT molecular complexity index is 239. The van der Waals surface area contributed by atoms with E-state index in [1.807, 2.05) is 0 Å². The molecule has 74 valence electrons. The monoisotopic (exact) mass is 205 g/mol. The fraction of sp³-hybridized carbons (Fsp3) is 0.667. The highest BCUT2D eigenvalue weighted by molar-refractivity contribution is 8.13. The maximum Gasteiger partial charge on any atom is 0.241 e. The summed E-state index contributed by atoms with van der Waals surface area (Å²) < 4.78 is 0. The molecule has 0 aliphatic heterocycles. The summed E-state index contributed by atoms with van der Waals surface area (Å²) in [5.74, 6) is -0.501. The molecule has 1 N–H and O–H groups in total. The van der Waals surface area contributed by atoms with Crippen LogP contribution in [0, 0.1) is 16.0 Å². The van der Waals surface area contributed by atoms with Gasteiger partial charge < -0.3 is 0 Å². The van der Waals surface area contributed by atoms with Gasteiger partial charge in [-0.3, -0.25) is 10.1 Å². The molecule has 0 unspecified atom stereocenters. The molecule has 7 heteroatoms. The van der Waals surface area contributed by atoms with Gasteiger partial charge in [-0.05, 0) is 6.26 Å². The van der Waals surface area contributed by atoms with Crippen molar-refractivity contribution in [3.8, 4) is 0 Å². The minimum atomic E-state index is -0.841. The lowest BCUT2D eigenvalue weighted by Crippen LogP contribution is -2.32. The van der Waals surface area contributed by atoms with Gasteiger partial charge in [-0.1, -0.05) is 25.6 Å². The van der Waals surface area contributed by atoms with Gasteiger partial charge in [-0.25, -0.2) is 10.1 Å². The normalized spacial score (nSPS) is 11.5. The summed E-state index contributed by atoms with van der Waals surface area (Å²) in [6, 6.07) is 0. The van der Waals surface area contributed by atoms with Crippen LogP contribution in [0.25, 0.3) is 0 Å². The van der Waals surface area contributed by atoms with E-state index < -0.39 is 5.03 Å². The van der Waals surface area contributed by atoms with E-state index >= 15 is 0 Å². The third kappa shape index (κ3) is 5.18. The fourth-order valence-electron chi connectivity index (χ4n) is 0.441. The average Bonchev–Trinajstić information content (AvgIpc) is 2.02. The highest BCUT2D eigenvalue weighted by atomic mass is 32.2. The van der Waals surface area contributed by atoms with Crippen molar-refractivity contribution < 1.29 is 9.83 Å². The van der Waals surface area contributed by atoms with E-state index in [-0.39, 0.29) is 17.0 Å². The maximum atomic E-state index is 11.1. The molecule has 6 nitrogen and oxygen atoms in total. The molecule has 0 aliphatic rings. The molecular weight excluding hydrogens is 194 g/mol. The SMILES string of the molecule is CS/C(=N\[N+](=O)[O-])NC(=O)C(C)C. The van der Waals surface area contributed by atoms with E-state index in [9.17, 15) is 14.9 Å². The van der Waals surface area contributed by atoms with Crippen molar-refractivity contribution in [2.45, 2.75) is 13.8 Å². The van der Waals surface area contributed by atoms with Crippen LogP contribution < -0.4 is 5.32 Å². The van der Waals surface area contributed by atoms with Crippen molar-refractivity contribution in [1.29, 1.82) is 0 Å². The minimum absolute atomic E-state index is 0.00343. The lowest BCUT2D eigenvalue weighted by Gasteiger charge is -2.04. The zero-order valence-electron chi connectivity index (χ0n) is 7.60. The molecule has 0 aromatic carbocycles. The Balaban J connectivity index is 4.30. The first-order chi connectivity index (χ1) is 5.97. The Morgan fingerprint density at radius 3 is 2.46 bits per heavy atom. The summed E-state index contributed by atoms with van der Waals surface area (Å²) in [7, 11) is 0. The van der Waals surface area contributed by atoms with Gasteiger partial charge in [0.05, 0.1) is 5.10 Å². The third-order valence-corrected chi connectivity index (χ3v) is 1.69. The van der Waals surface area contributed by atoms with E-state index in [2.05, 4.69) is 10.4 Å². The summed E-state index contributed by atoms with van der Waals surface area (Å²) in [6.07, 6.45) is 1.60. The number of nitrogens with one attached hydrogen (secondary N) is 1. The number of rotatable bonds is 2. The van der Waals surface area contributed by atoms with Gasteiger partial charge in [-0.2, -0.15) is 0 Å². The highest BCUT2D eigenvalue weighted by Gasteiger charge is 2.11.